The van der Waals surface area contributed by atoms with Crippen molar-refractivity contribution < 1.29 is 9.29 Å². The predicted octanol–water partition coefficient (Wildman–Crippen LogP) is 6.48. The Morgan fingerprint density at radius 1 is 1.12 bits per heavy atom. The SMILES string of the molecule is COc1ccc2c(c1)CC1(CCN(c3cnc4nc(Sc5ccnc(C)c5Cl)ccc4n3)CC1)[C@@H]2N[S+]([O-])C(C)(C)C. The van der Waals surface area contributed by atoms with Crippen LogP contribution in [0.2, 0.25) is 5.02 Å². The Kier molecular flexibility index (Phi) is 8.04. The normalized spacial score (nSPS) is 18.8. The number of nitrogens with zero attached hydrogens (tertiary/aromatic N) is 5. The molecular weight excluding hydrogens is 588 g/mol. The lowest BCUT2D eigenvalue weighted by atomic mass is 9.73. The summed E-state index contributed by atoms with van der Waals surface area (Å²) in [4.78, 5) is 21.8. The highest BCUT2D eigenvalue weighted by Gasteiger charge is 2.50. The van der Waals surface area contributed by atoms with Gasteiger partial charge in [-0.25, -0.2) is 15.0 Å². The second-order valence-electron chi connectivity index (χ2n) is 12.1. The summed E-state index contributed by atoms with van der Waals surface area (Å²) in [5.74, 6) is 1.71. The van der Waals surface area contributed by atoms with Crippen LogP contribution in [-0.4, -0.2) is 49.4 Å². The van der Waals surface area contributed by atoms with E-state index in [0.717, 1.165) is 65.1 Å². The summed E-state index contributed by atoms with van der Waals surface area (Å²) in [5, 5.41) is 1.45. The summed E-state index contributed by atoms with van der Waals surface area (Å²) >= 11 is 6.75. The van der Waals surface area contributed by atoms with Crippen LogP contribution in [0, 0.1) is 12.3 Å². The van der Waals surface area contributed by atoms with Gasteiger partial charge in [0, 0.05) is 41.0 Å². The number of fused-ring (bicyclic) bond motifs is 2. The van der Waals surface area contributed by atoms with Gasteiger partial charge in [0.1, 0.15) is 26.9 Å². The average molecular weight is 623 g/mol. The molecule has 4 heterocycles. The van der Waals surface area contributed by atoms with Crippen molar-refractivity contribution in [2.75, 3.05) is 25.1 Å². The van der Waals surface area contributed by atoms with E-state index in [9.17, 15) is 4.55 Å². The van der Waals surface area contributed by atoms with E-state index in [1.54, 1.807) is 13.3 Å². The van der Waals surface area contributed by atoms with Gasteiger partial charge in [0.15, 0.2) is 5.65 Å². The monoisotopic (exact) mass is 622 g/mol. The summed E-state index contributed by atoms with van der Waals surface area (Å²) in [5.41, 5.74) is 4.63. The molecule has 1 spiro atoms. The van der Waals surface area contributed by atoms with E-state index >= 15 is 0 Å². The molecule has 2 atom stereocenters. The molecule has 0 amide bonds. The number of nitrogens with one attached hydrogen (secondary N) is 1. The van der Waals surface area contributed by atoms with E-state index < -0.39 is 11.4 Å². The first kappa shape index (κ1) is 29.4. The average Bonchev–Trinajstić information content (AvgIpc) is 3.26. The minimum Gasteiger partial charge on any atom is -0.598 e. The summed E-state index contributed by atoms with van der Waals surface area (Å²) in [6.07, 6.45) is 6.40. The molecule has 220 valence electrons. The predicted molar refractivity (Wildman–Crippen MR) is 170 cm³/mol. The molecule has 42 heavy (non-hydrogen) atoms. The number of halogens is 1. The maximum absolute atomic E-state index is 13.3. The standard InChI is InChI=1S/C31H35ClN6O2S2/c1-19-27(32)24(10-13-33-19)41-26-9-8-23-29(36-26)34-18-25(35-23)38-14-11-31(12-15-38)17-20-16-21(40-5)6-7-22(20)28(31)37-42(39)30(2,3)4/h6-10,13,16,18,28,37H,11-12,14-15,17H2,1-5H3/t28-,42?/m1/s1. The van der Waals surface area contributed by atoms with Crippen molar-refractivity contribution in [2.45, 2.75) is 67.7 Å². The third kappa shape index (κ3) is 5.67. The Bertz CT molecular complexity index is 1620. The number of aromatic nitrogens is 4. The molecule has 6 rings (SSSR count). The van der Waals surface area contributed by atoms with E-state index in [2.05, 4.69) is 31.7 Å². The van der Waals surface area contributed by atoms with Gasteiger partial charge in [-0.15, -0.1) is 4.72 Å². The molecule has 0 radical (unpaired) electrons. The lowest BCUT2D eigenvalue weighted by Crippen LogP contribution is -2.49. The van der Waals surface area contributed by atoms with Crippen molar-refractivity contribution in [3.8, 4) is 5.75 Å². The third-order valence-corrected chi connectivity index (χ3v) is 11.4. The fraction of sp³-hybridized carbons (Fsp3) is 0.419. The Balaban J connectivity index is 1.20. The molecule has 11 heteroatoms. The molecule has 8 nitrogen and oxygen atoms in total. The fourth-order valence-corrected chi connectivity index (χ4v) is 7.91. The van der Waals surface area contributed by atoms with Crippen LogP contribution in [0.4, 0.5) is 5.82 Å². The maximum atomic E-state index is 13.3. The molecule has 1 aliphatic carbocycles. The van der Waals surface area contributed by atoms with Crippen LogP contribution >= 0.6 is 23.4 Å². The van der Waals surface area contributed by atoms with Crippen molar-refractivity contribution in [3.63, 3.8) is 0 Å². The van der Waals surface area contributed by atoms with Crippen LogP contribution in [0.25, 0.3) is 11.2 Å². The number of benzene rings is 1. The highest BCUT2D eigenvalue weighted by atomic mass is 35.5. The maximum Gasteiger partial charge on any atom is 0.179 e. The van der Waals surface area contributed by atoms with Crippen LogP contribution in [-0.2, 0) is 17.8 Å². The van der Waals surface area contributed by atoms with E-state index in [1.165, 1.54) is 22.9 Å². The summed E-state index contributed by atoms with van der Waals surface area (Å²) in [6.45, 7) is 9.61. The Labute approximate surface area is 259 Å². The van der Waals surface area contributed by atoms with Gasteiger partial charge in [-0.2, -0.15) is 0 Å². The molecule has 3 aromatic heterocycles. The van der Waals surface area contributed by atoms with Gasteiger partial charge >= 0.3 is 0 Å². The quantitative estimate of drug-likeness (QED) is 0.242. The van der Waals surface area contributed by atoms with Crippen LogP contribution in [0.15, 0.2) is 58.7 Å². The highest BCUT2D eigenvalue weighted by molar-refractivity contribution is 7.99. The number of methoxy groups -OCH3 is 1. The number of anilines is 1. The van der Waals surface area contributed by atoms with Crippen LogP contribution in [0.3, 0.4) is 0 Å². The van der Waals surface area contributed by atoms with Crippen LogP contribution in [0.1, 0.15) is 56.5 Å². The zero-order chi connectivity index (χ0) is 29.6. The van der Waals surface area contributed by atoms with Crippen molar-refractivity contribution >= 4 is 51.7 Å². The molecular formula is C31H35ClN6O2S2. The Morgan fingerprint density at radius 3 is 2.64 bits per heavy atom. The number of rotatable bonds is 6. The first-order valence-corrected chi connectivity index (χ1v) is 16.4. The first-order chi connectivity index (χ1) is 20.1. The summed E-state index contributed by atoms with van der Waals surface area (Å²) in [6, 6.07) is 12.1. The van der Waals surface area contributed by atoms with E-state index in [-0.39, 0.29) is 16.2 Å². The molecule has 0 saturated carbocycles. The zero-order valence-electron chi connectivity index (χ0n) is 24.5. The Morgan fingerprint density at radius 2 is 1.90 bits per heavy atom. The second kappa shape index (κ2) is 11.5. The lowest BCUT2D eigenvalue weighted by molar-refractivity contribution is 0.176. The summed E-state index contributed by atoms with van der Waals surface area (Å²) in [7, 11) is 1.70. The van der Waals surface area contributed by atoms with Gasteiger partial charge in [0.25, 0.3) is 0 Å². The molecule has 1 fully saturated rings. The zero-order valence-corrected chi connectivity index (χ0v) is 26.9. The number of hydrogen-bond donors (Lipinski definition) is 1. The van der Waals surface area contributed by atoms with Gasteiger partial charge in [-0.3, -0.25) is 4.98 Å². The molecule has 1 aliphatic heterocycles. The number of ether oxygens (including phenoxy) is 1. The minimum absolute atomic E-state index is 0.0149. The Hall–Kier alpha value is -2.63. The molecule has 4 aromatic rings. The fourth-order valence-electron chi connectivity index (χ4n) is 5.88. The second-order valence-corrected chi connectivity index (χ2v) is 15.5. The first-order valence-electron chi connectivity index (χ1n) is 14.1. The van der Waals surface area contributed by atoms with Gasteiger partial charge in [0.05, 0.1) is 30.1 Å². The minimum atomic E-state index is -1.18. The summed E-state index contributed by atoms with van der Waals surface area (Å²) < 4.78 is 22.0. The third-order valence-electron chi connectivity index (χ3n) is 8.29. The molecule has 0 bridgehead atoms. The van der Waals surface area contributed by atoms with Gasteiger partial charge < -0.3 is 14.2 Å². The topological polar surface area (TPSA) is 99.1 Å². The molecule has 1 unspecified atom stereocenters. The smallest absolute Gasteiger partial charge is 0.179 e. The molecule has 1 N–H and O–H groups in total. The van der Waals surface area contributed by atoms with Crippen molar-refractivity contribution in [1.29, 1.82) is 0 Å². The van der Waals surface area contributed by atoms with Crippen LogP contribution in [0.5, 0.6) is 5.75 Å². The largest absolute Gasteiger partial charge is 0.598 e. The highest BCUT2D eigenvalue weighted by Crippen LogP contribution is 2.53. The molecule has 1 aromatic carbocycles. The molecule has 2 aliphatic rings. The van der Waals surface area contributed by atoms with Crippen LogP contribution < -0.4 is 14.4 Å². The number of piperidine rings is 1. The van der Waals surface area contributed by atoms with Crippen molar-refractivity contribution in [2.24, 2.45) is 5.41 Å². The van der Waals surface area contributed by atoms with E-state index in [0.29, 0.717) is 10.7 Å². The van der Waals surface area contributed by atoms with Gasteiger partial charge in [-0.1, -0.05) is 29.4 Å². The van der Waals surface area contributed by atoms with E-state index in [1.807, 2.05) is 58.2 Å². The van der Waals surface area contributed by atoms with Gasteiger partial charge in [0.2, 0.25) is 0 Å². The van der Waals surface area contributed by atoms with Gasteiger partial charge in [-0.05, 0) is 88.4 Å². The van der Waals surface area contributed by atoms with Crippen molar-refractivity contribution in [3.05, 3.63) is 70.6 Å². The van der Waals surface area contributed by atoms with Crippen molar-refractivity contribution in [1.82, 2.24) is 24.7 Å². The van der Waals surface area contributed by atoms with E-state index in [4.69, 9.17) is 26.3 Å². The lowest BCUT2D eigenvalue weighted by Gasteiger charge is -2.44. The number of aryl methyl sites for hydroxylation is 1. The molecule has 1 saturated heterocycles. The number of hydrogen-bond acceptors (Lipinski definition) is 9. The number of pyridine rings is 2.